The summed E-state index contributed by atoms with van der Waals surface area (Å²) in [6, 6.07) is 13.8. The topological polar surface area (TPSA) is 82.1 Å². The maximum absolute atomic E-state index is 12.3. The van der Waals surface area contributed by atoms with Crippen LogP contribution in [0.3, 0.4) is 0 Å². The van der Waals surface area contributed by atoms with Crippen molar-refractivity contribution in [2.75, 3.05) is 6.61 Å². The standard InChI is InChI=1S/C21H21ClO6/c1-13-3-7-15(8-4-13)19(23)26-12-18-17(11-21(22,25)28-18)27-20(24)16-9-5-14(2)6-10-16/h3-10,17-18,25H,11-12H2,1-2H3/t17-,18+,21-/m0/s1. The van der Waals surface area contributed by atoms with Gasteiger partial charge in [0, 0.05) is 0 Å². The van der Waals surface area contributed by atoms with Crippen LogP contribution in [0.5, 0.6) is 0 Å². The average Bonchev–Trinajstić information content (AvgIpc) is 2.94. The fraction of sp³-hybridized carbons (Fsp3) is 0.333. The highest BCUT2D eigenvalue weighted by Gasteiger charge is 2.47. The Balaban J connectivity index is 1.63. The first kappa shape index (κ1) is 20.3. The van der Waals surface area contributed by atoms with Crippen molar-refractivity contribution < 1.29 is 28.9 Å². The normalized spacial score (nSPS) is 24.0. The van der Waals surface area contributed by atoms with Gasteiger partial charge in [-0.3, -0.25) is 0 Å². The largest absolute Gasteiger partial charge is 0.459 e. The van der Waals surface area contributed by atoms with Crippen LogP contribution < -0.4 is 0 Å². The molecule has 2 aromatic rings. The Morgan fingerprint density at radius 1 is 1.04 bits per heavy atom. The molecule has 1 aliphatic heterocycles. The fourth-order valence-corrected chi connectivity index (χ4v) is 3.09. The lowest BCUT2D eigenvalue weighted by Crippen LogP contribution is -2.32. The molecule has 2 aromatic carbocycles. The molecule has 1 aliphatic rings. The van der Waals surface area contributed by atoms with Crippen LogP contribution in [-0.4, -0.2) is 41.1 Å². The zero-order valence-corrected chi connectivity index (χ0v) is 16.3. The van der Waals surface area contributed by atoms with Crippen LogP contribution in [0.15, 0.2) is 48.5 Å². The van der Waals surface area contributed by atoms with Crippen molar-refractivity contribution in [3.8, 4) is 0 Å². The molecule has 1 fully saturated rings. The van der Waals surface area contributed by atoms with E-state index in [0.717, 1.165) is 11.1 Å². The van der Waals surface area contributed by atoms with Crippen molar-refractivity contribution in [1.29, 1.82) is 0 Å². The van der Waals surface area contributed by atoms with Crippen molar-refractivity contribution >= 4 is 23.5 Å². The molecule has 28 heavy (non-hydrogen) atoms. The second-order valence-corrected chi connectivity index (χ2v) is 7.41. The van der Waals surface area contributed by atoms with Gasteiger partial charge in [-0.15, -0.1) is 0 Å². The van der Waals surface area contributed by atoms with Crippen molar-refractivity contribution in [3.63, 3.8) is 0 Å². The summed E-state index contributed by atoms with van der Waals surface area (Å²) in [5.41, 5.74) is 2.78. The molecular weight excluding hydrogens is 384 g/mol. The number of carbonyl (C=O) groups excluding carboxylic acids is 2. The summed E-state index contributed by atoms with van der Waals surface area (Å²) in [6.07, 6.45) is -1.88. The molecule has 1 saturated heterocycles. The highest BCUT2D eigenvalue weighted by Crippen LogP contribution is 2.34. The Morgan fingerprint density at radius 2 is 1.54 bits per heavy atom. The first-order valence-electron chi connectivity index (χ1n) is 8.84. The second-order valence-electron chi connectivity index (χ2n) is 6.82. The van der Waals surface area contributed by atoms with Gasteiger partial charge < -0.3 is 19.3 Å². The van der Waals surface area contributed by atoms with Gasteiger partial charge in [0.05, 0.1) is 17.5 Å². The number of esters is 2. The molecule has 0 saturated carbocycles. The van der Waals surface area contributed by atoms with E-state index >= 15 is 0 Å². The predicted molar refractivity (Wildman–Crippen MR) is 102 cm³/mol. The van der Waals surface area contributed by atoms with Crippen molar-refractivity contribution in [2.24, 2.45) is 0 Å². The third kappa shape index (κ3) is 5.10. The third-order valence-electron chi connectivity index (χ3n) is 4.41. The molecule has 0 unspecified atom stereocenters. The number of hydrogen-bond donors (Lipinski definition) is 1. The van der Waals surface area contributed by atoms with Crippen LogP contribution in [0.2, 0.25) is 0 Å². The van der Waals surface area contributed by atoms with Crippen molar-refractivity contribution in [1.82, 2.24) is 0 Å². The Bertz CT molecular complexity index is 844. The van der Waals surface area contributed by atoms with Crippen LogP contribution in [-0.2, 0) is 14.2 Å². The van der Waals surface area contributed by atoms with Crippen molar-refractivity contribution in [2.45, 2.75) is 37.7 Å². The van der Waals surface area contributed by atoms with Gasteiger partial charge in [0.25, 0.3) is 0 Å². The molecule has 0 aliphatic carbocycles. The summed E-state index contributed by atoms with van der Waals surface area (Å²) in [7, 11) is 0. The highest BCUT2D eigenvalue weighted by atomic mass is 35.5. The Kier molecular flexibility index (Phi) is 6.03. The van der Waals surface area contributed by atoms with E-state index in [9.17, 15) is 14.7 Å². The zero-order chi connectivity index (χ0) is 20.3. The van der Waals surface area contributed by atoms with E-state index in [-0.39, 0.29) is 13.0 Å². The fourth-order valence-electron chi connectivity index (χ4n) is 2.82. The van der Waals surface area contributed by atoms with E-state index in [1.807, 2.05) is 13.8 Å². The lowest BCUT2D eigenvalue weighted by molar-refractivity contribution is -0.140. The number of aliphatic hydroxyl groups is 1. The average molecular weight is 405 g/mol. The number of aryl methyl sites for hydroxylation is 2. The number of alkyl halides is 1. The quantitative estimate of drug-likeness (QED) is 0.607. The van der Waals surface area contributed by atoms with Crippen LogP contribution in [0.1, 0.15) is 38.3 Å². The maximum Gasteiger partial charge on any atom is 0.338 e. The number of halogens is 1. The number of rotatable bonds is 5. The summed E-state index contributed by atoms with van der Waals surface area (Å²) in [5, 5.41) is 7.99. The van der Waals surface area contributed by atoms with Gasteiger partial charge in [0.2, 0.25) is 5.25 Å². The monoisotopic (exact) mass is 404 g/mol. The Labute approximate surface area is 168 Å². The molecule has 1 heterocycles. The maximum atomic E-state index is 12.3. The SMILES string of the molecule is Cc1ccc(C(=O)OC[C@H]2O[C@](O)(Cl)C[C@@H]2OC(=O)c2ccc(C)cc2)cc1. The van der Waals surface area contributed by atoms with E-state index in [1.54, 1.807) is 48.5 Å². The lowest BCUT2D eigenvalue weighted by atomic mass is 10.1. The number of hydrogen-bond acceptors (Lipinski definition) is 6. The number of carbonyl (C=O) groups is 2. The van der Waals surface area contributed by atoms with Gasteiger partial charge in [-0.25, -0.2) is 9.59 Å². The van der Waals surface area contributed by atoms with Gasteiger partial charge in [-0.05, 0) is 38.1 Å². The molecule has 0 amide bonds. The molecule has 6 nitrogen and oxygen atoms in total. The summed E-state index contributed by atoms with van der Waals surface area (Å²) >= 11 is 5.86. The van der Waals surface area contributed by atoms with Crippen LogP contribution in [0.4, 0.5) is 0 Å². The van der Waals surface area contributed by atoms with E-state index in [1.165, 1.54) is 0 Å². The van der Waals surface area contributed by atoms with E-state index in [0.29, 0.717) is 11.1 Å². The third-order valence-corrected chi connectivity index (χ3v) is 4.65. The van der Waals surface area contributed by atoms with E-state index in [4.69, 9.17) is 25.8 Å². The van der Waals surface area contributed by atoms with E-state index < -0.39 is 29.4 Å². The summed E-state index contributed by atoms with van der Waals surface area (Å²) in [5.74, 6) is -1.12. The molecule has 1 N–H and O–H groups in total. The van der Waals surface area contributed by atoms with Gasteiger partial charge in [-0.2, -0.15) is 0 Å². The van der Waals surface area contributed by atoms with Gasteiger partial charge in [0.1, 0.15) is 18.8 Å². The molecule has 148 valence electrons. The zero-order valence-electron chi connectivity index (χ0n) is 15.6. The Hall–Kier alpha value is -2.41. The molecule has 0 bridgehead atoms. The van der Waals surface area contributed by atoms with Crippen LogP contribution in [0, 0.1) is 13.8 Å². The first-order chi connectivity index (χ1) is 13.2. The van der Waals surface area contributed by atoms with Gasteiger partial charge >= 0.3 is 11.9 Å². The molecule has 0 aromatic heterocycles. The number of ether oxygens (including phenoxy) is 3. The predicted octanol–water partition coefficient (Wildman–Crippen LogP) is 3.36. The van der Waals surface area contributed by atoms with Crippen LogP contribution >= 0.6 is 11.6 Å². The lowest BCUT2D eigenvalue weighted by Gasteiger charge is -2.19. The second kappa shape index (κ2) is 8.31. The minimum atomic E-state index is -1.99. The van der Waals surface area contributed by atoms with Crippen LogP contribution in [0.25, 0.3) is 0 Å². The number of benzene rings is 2. The van der Waals surface area contributed by atoms with E-state index in [2.05, 4.69) is 0 Å². The summed E-state index contributed by atoms with van der Waals surface area (Å²) in [4.78, 5) is 24.5. The van der Waals surface area contributed by atoms with Crippen molar-refractivity contribution in [3.05, 3.63) is 70.8 Å². The minimum absolute atomic E-state index is 0.140. The molecule has 3 rings (SSSR count). The minimum Gasteiger partial charge on any atom is -0.459 e. The molecular formula is C21H21ClO6. The summed E-state index contributed by atoms with van der Waals surface area (Å²) in [6.45, 7) is 3.61. The highest BCUT2D eigenvalue weighted by molar-refractivity contribution is 6.21. The molecule has 0 radical (unpaired) electrons. The molecule has 0 spiro atoms. The Morgan fingerprint density at radius 3 is 2.07 bits per heavy atom. The van der Waals surface area contributed by atoms with Gasteiger partial charge in [0.15, 0.2) is 0 Å². The smallest absolute Gasteiger partial charge is 0.338 e. The first-order valence-corrected chi connectivity index (χ1v) is 9.22. The molecule has 3 atom stereocenters. The van der Waals surface area contributed by atoms with Gasteiger partial charge in [-0.1, -0.05) is 47.0 Å². The molecule has 7 heteroatoms. The summed E-state index contributed by atoms with van der Waals surface area (Å²) < 4.78 is 16.0.